The van der Waals surface area contributed by atoms with Crippen molar-refractivity contribution in [1.82, 2.24) is 14.8 Å². The van der Waals surface area contributed by atoms with Gasteiger partial charge in [0.05, 0.1) is 23.1 Å². The molecule has 0 spiro atoms. The van der Waals surface area contributed by atoms with E-state index in [4.69, 9.17) is 16.3 Å². The molecule has 2 aromatic carbocycles. The highest BCUT2D eigenvalue weighted by Crippen LogP contribution is 2.41. The summed E-state index contributed by atoms with van der Waals surface area (Å²) in [6, 6.07) is 12.6. The van der Waals surface area contributed by atoms with E-state index in [1.165, 1.54) is 25.8 Å². The van der Waals surface area contributed by atoms with E-state index in [0.29, 0.717) is 33.2 Å². The van der Waals surface area contributed by atoms with Crippen LogP contribution in [0.5, 0.6) is 5.75 Å². The smallest absolute Gasteiger partial charge is 0.237 e. The van der Waals surface area contributed by atoms with Gasteiger partial charge in [0, 0.05) is 24.2 Å². The molecule has 1 unspecified atom stereocenters. The quantitative estimate of drug-likeness (QED) is 0.441. The Balaban J connectivity index is 1.55. The van der Waals surface area contributed by atoms with Gasteiger partial charge in [-0.15, -0.1) is 10.2 Å². The maximum atomic E-state index is 12.8. The average Bonchev–Trinajstić information content (AvgIpc) is 3.53. The third-order valence-corrected chi connectivity index (χ3v) is 6.43. The van der Waals surface area contributed by atoms with Crippen LogP contribution in [0.3, 0.4) is 0 Å². The summed E-state index contributed by atoms with van der Waals surface area (Å²) in [7, 11) is 1.54. The van der Waals surface area contributed by atoms with E-state index in [-0.39, 0.29) is 11.8 Å². The summed E-state index contributed by atoms with van der Waals surface area (Å²) in [5.41, 5.74) is 2.11. The molecule has 1 fully saturated rings. The van der Waals surface area contributed by atoms with E-state index < -0.39 is 5.25 Å². The number of benzene rings is 2. The van der Waals surface area contributed by atoms with Gasteiger partial charge < -0.3 is 15.4 Å². The molecule has 10 heteroatoms. The Labute approximate surface area is 201 Å². The Morgan fingerprint density at radius 2 is 1.91 bits per heavy atom. The normalized spacial score (nSPS) is 13.9. The minimum Gasteiger partial charge on any atom is -0.495 e. The Morgan fingerprint density at radius 3 is 2.58 bits per heavy atom. The molecule has 0 saturated heterocycles. The largest absolute Gasteiger partial charge is 0.495 e. The van der Waals surface area contributed by atoms with E-state index in [2.05, 4.69) is 20.8 Å². The second-order valence-electron chi connectivity index (χ2n) is 7.78. The van der Waals surface area contributed by atoms with Crippen LogP contribution in [0, 0.1) is 0 Å². The Kier molecular flexibility index (Phi) is 6.90. The van der Waals surface area contributed by atoms with Crippen molar-refractivity contribution >= 4 is 46.6 Å². The topological polar surface area (TPSA) is 98.1 Å². The molecule has 1 aromatic heterocycles. The van der Waals surface area contributed by atoms with E-state index in [0.717, 1.165) is 24.4 Å². The van der Waals surface area contributed by atoms with E-state index in [1.54, 1.807) is 18.2 Å². The van der Waals surface area contributed by atoms with E-state index in [1.807, 2.05) is 35.8 Å². The lowest BCUT2D eigenvalue weighted by molar-refractivity contribution is -0.115. The van der Waals surface area contributed by atoms with Gasteiger partial charge in [-0.05, 0) is 56.2 Å². The molecule has 0 aliphatic heterocycles. The molecular weight excluding hydrogens is 462 g/mol. The zero-order valence-electron chi connectivity index (χ0n) is 18.5. The minimum atomic E-state index is -0.445. The Morgan fingerprint density at radius 1 is 1.15 bits per heavy atom. The molecule has 1 heterocycles. The van der Waals surface area contributed by atoms with Crippen LogP contribution in [0.4, 0.5) is 11.4 Å². The number of aromatic nitrogens is 3. The summed E-state index contributed by atoms with van der Waals surface area (Å²) in [4.78, 5) is 24.3. The van der Waals surface area contributed by atoms with Crippen LogP contribution in [0.15, 0.2) is 47.6 Å². The number of hydrogen-bond acceptors (Lipinski definition) is 6. The molecule has 1 aliphatic carbocycles. The van der Waals surface area contributed by atoms with Crippen molar-refractivity contribution in [2.75, 3.05) is 17.7 Å². The first kappa shape index (κ1) is 23.1. The first-order chi connectivity index (χ1) is 15.9. The summed E-state index contributed by atoms with van der Waals surface area (Å²) in [6.07, 6.45) is 2.12. The van der Waals surface area contributed by atoms with Crippen molar-refractivity contribution in [2.45, 2.75) is 43.0 Å². The lowest BCUT2D eigenvalue weighted by Gasteiger charge is -2.15. The molecule has 33 heavy (non-hydrogen) atoms. The molecule has 3 aromatic rings. The number of nitrogens with one attached hydrogen (secondary N) is 2. The SMILES string of the molecule is COc1ccc(NC(=O)C(C)Sc2nnc(C3CC3)n2-c2cccc(NC(C)=O)c2)cc1Cl. The van der Waals surface area contributed by atoms with Crippen LogP contribution < -0.4 is 15.4 Å². The fourth-order valence-corrected chi connectivity index (χ4v) is 4.46. The highest BCUT2D eigenvalue weighted by Gasteiger charge is 2.32. The van der Waals surface area contributed by atoms with Crippen LogP contribution >= 0.6 is 23.4 Å². The summed E-state index contributed by atoms with van der Waals surface area (Å²) in [6.45, 7) is 3.29. The molecule has 0 radical (unpaired) electrons. The molecule has 2 amide bonds. The number of ether oxygens (including phenoxy) is 1. The van der Waals surface area contributed by atoms with Crippen LogP contribution in [-0.4, -0.2) is 38.9 Å². The molecule has 172 valence electrons. The van der Waals surface area contributed by atoms with Gasteiger partial charge >= 0.3 is 0 Å². The Bertz CT molecular complexity index is 1190. The van der Waals surface area contributed by atoms with Gasteiger partial charge in [-0.3, -0.25) is 14.2 Å². The van der Waals surface area contributed by atoms with Gasteiger partial charge in [0.1, 0.15) is 11.6 Å². The summed E-state index contributed by atoms with van der Waals surface area (Å²) in [5.74, 6) is 1.43. The van der Waals surface area contributed by atoms with Crippen LogP contribution in [0.1, 0.15) is 38.4 Å². The highest BCUT2D eigenvalue weighted by atomic mass is 35.5. The number of carbonyl (C=O) groups is 2. The summed E-state index contributed by atoms with van der Waals surface area (Å²) >= 11 is 7.49. The number of rotatable bonds is 8. The molecule has 4 rings (SSSR count). The summed E-state index contributed by atoms with van der Waals surface area (Å²) in [5, 5.41) is 15.1. The number of amides is 2. The number of halogens is 1. The second kappa shape index (κ2) is 9.84. The van der Waals surface area contributed by atoms with Gasteiger partial charge in [-0.1, -0.05) is 29.4 Å². The van der Waals surface area contributed by atoms with Crippen molar-refractivity contribution < 1.29 is 14.3 Å². The van der Waals surface area contributed by atoms with Crippen LogP contribution in [0.2, 0.25) is 5.02 Å². The predicted octanol–water partition coefficient (Wildman–Crippen LogP) is 4.88. The second-order valence-corrected chi connectivity index (χ2v) is 9.50. The maximum Gasteiger partial charge on any atom is 0.237 e. The standard InChI is InChI=1S/C23H24ClN5O3S/c1-13(22(31)26-17-9-10-20(32-3)19(24)12-17)33-23-28-27-21(15-7-8-15)29(23)18-6-4-5-16(11-18)25-14(2)30/h4-6,9-13,15H,7-8H2,1-3H3,(H,25,30)(H,26,31). The van der Waals surface area contributed by atoms with Gasteiger partial charge in [-0.25, -0.2) is 0 Å². The number of methoxy groups -OCH3 is 1. The third kappa shape index (κ3) is 5.48. The number of anilines is 2. The van der Waals surface area contributed by atoms with Crippen LogP contribution in [-0.2, 0) is 9.59 Å². The molecule has 1 atom stereocenters. The van der Waals surface area contributed by atoms with Crippen molar-refractivity contribution in [1.29, 1.82) is 0 Å². The van der Waals surface area contributed by atoms with E-state index in [9.17, 15) is 9.59 Å². The molecule has 8 nitrogen and oxygen atoms in total. The zero-order chi connectivity index (χ0) is 23.5. The lowest BCUT2D eigenvalue weighted by Crippen LogP contribution is -2.23. The van der Waals surface area contributed by atoms with Crippen LogP contribution in [0.25, 0.3) is 5.69 Å². The number of nitrogens with zero attached hydrogens (tertiary/aromatic N) is 3. The lowest BCUT2D eigenvalue weighted by atomic mass is 10.2. The minimum absolute atomic E-state index is 0.142. The number of thioether (sulfide) groups is 1. The molecule has 2 N–H and O–H groups in total. The van der Waals surface area contributed by atoms with Crippen molar-refractivity contribution in [3.63, 3.8) is 0 Å². The van der Waals surface area contributed by atoms with Gasteiger partial charge in [0.2, 0.25) is 11.8 Å². The predicted molar refractivity (Wildman–Crippen MR) is 130 cm³/mol. The highest BCUT2D eigenvalue weighted by molar-refractivity contribution is 8.00. The van der Waals surface area contributed by atoms with Crippen molar-refractivity contribution in [3.05, 3.63) is 53.3 Å². The maximum absolute atomic E-state index is 12.8. The fraction of sp³-hybridized carbons (Fsp3) is 0.304. The number of hydrogen-bond donors (Lipinski definition) is 2. The van der Waals surface area contributed by atoms with Gasteiger partial charge in [-0.2, -0.15) is 0 Å². The first-order valence-corrected chi connectivity index (χ1v) is 11.8. The van der Waals surface area contributed by atoms with Gasteiger partial charge in [0.25, 0.3) is 0 Å². The fourth-order valence-electron chi connectivity index (χ4n) is 3.33. The van der Waals surface area contributed by atoms with E-state index >= 15 is 0 Å². The van der Waals surface area contributed by atoms with Crippen molar-refractivity contribution in [3.8, 4) is 11.4 Å². The monoisotopic (exact) mass is 485 g/mol. The average molecular weight is 486 g/mol. The molecule has 1 saturated carbocycles. The number of carbonyl (C=O) groups excluding carboxylic acids is 2. The molecule has 0 bridgehead atoms. The van der Waals surface area contributed by atoms with Gasteiger partial charge in [0.15, 0.2) is 5.16 Å². The van der Waals surface area contributed by atoms with Crippen molar-refractivity contribution in [2.24, 2.45) is 0 Å². The molecular formula is C23H24ClN5O3S. The first-order valence-electron chi connectivity index (χ1n) is 10.5. The zero-order valence-corrected chi connectivity index (χ0v) is 20.0. The molecule has 1 aliphatic rings. The third-order valence-electron chi connectivity index (χ3n) is 5.10. The Hall–Kier alpha value is -3.04. The summed E-state index contributed by atoms with van der Waals surface area (Å²) < 4.78 is 7.13.